The molecule has 2 aliphatic heterocycles. The fourth-order valence-corrected chi connectivity index (χ4v) is 8.91. The van der Waals surface area contributed by atoms with E-state index in [0.717, 1.165) is 28.3 Å². The van der Waals surface area contributed by atoms with Gasteiger partial charge in [0, 0.05) is 26.1 Å². The van der Waals surface area contributed by atoms with Crippen molar-refractivity contribution in [2.45, 2.75) is 62.3 Å². The second kappa shape index (κ2) is 11.3. The molecule has 0 atom stereocenters. The monoisotopic (exact) mass is 616 g/mol. The molecule has 46 heavy (non-hydrogen) atoms. The van der Waals surface area contributed by atoms with Gasteiger partial charge < -0.3 is 0 Å². The third-order valence-corrected chi connectivity index (χ3v) is 10.4. The van der Waals surface area contributed by atoms with Gasteiger partial charge in [0.25, 0.3) is 0 Å². The molecular weight excluding hydrogens is 577 g/mol. The molecule has 0 aliphatic carbocycles. The Bertz CT molecular complexity index is 2220. The SMILES string of the molecule is Cc1cc(C)c(-c2cc3nc(c(-c4c(C)cc(C)cc4C)c4ccc(s4)c(-c4c(C)cc(C)cc4C)c4nc2C=C4)C=C3)c(C)c1. The number of hydrogen-bond donors (Lipinski definition) is 0. The molecular formula is C43H40N2S. The minimum Gasteiger partial charge on any atom is -0.248 e. The predicted molar refractivity (Wildman–Crippen MR) is 201 cm³/mol. The molecule has 3 heteroatoms. The average Bonchev–Trinajstić information content (AvgIpc) is 3.73. The van der Waals surface area contributed by atoms with E-state index in [0.29, 0.717) is 0 Å². The summed E-state index contributed by atoms with van der Waals surface area (Å²) in [4.78, 5) is 10.8. The molecule has 5 aromatic rings. The highest BCUT2D eigenvalue weighted by Gasteiger charge is 2.21. The van der Waals surface area contributed by atoms with Crippen LogP contribution in [0.5, 0.6) is 0 Å². The molecule has 6 bridgehead atoms. The molecule has 7 rings (SSSR count). The zero-order chi connectivity index (χ0) is 32.4. The first kappa shape index (κ1) is 30.1. The van der Waals surface area contributed by atoms with Crippen molar-refractivity contribution in [3.05, 3.63) is 127 Å². The highest BCUT2D eigenvalue weighted by atomic mass is 32.1. The Hall–Kier alpha value is -4.60. The summed E-state index contributed by atoms with van der Waals surface area (Å²) < 4.78 is 2.43. The molecule has 0 saturated carbocycles. The molecule has 2 aromatic heterocycles. The highest BCUT2D eigenvalue weighted by molar-refractivity contribution is 7.24. The first-order chi connectivity index (χ1) is 22.0. The van der Waals surface area contributed by atoms with Gasteiger partial charge in [0.05, 0.1) is 22.8 Å². The lowest BCUT2D eigenvalue weighted by Crippen LogP contribution is -1.94. The summed E-state index contributed by atoms with van der Waals surface area (Å²) >= 11 is 1.84. The first-order valence-electron chi connectivity index (χ1n) is 16.1. The van der Waals surface area contributed by atoms with E-state index in [4.69, 9.17) is 9.97 Å². The van der Waals surface area contributed by atoms with Crippen LogP contribution < -0.4 is 0 Å². The van der Waals surface area contributed by atoms with Crippen LogP contribution in [-0.4, -0.2) is 9.97 Å². The van der Waals surface area contributed by atoms with Crippen LogP contribution in [0.15, 0.2) is 54.6 Å². The van der Waals surface area contributed by atoms with Crippen LogP contribution in [0.4, 0.5) is 0 Å². The molecule has 0 amide bonds. The van der Waals surface area contributed by atoms with Crippen molar-refractivity contribution in [1.82, 2.24) is 9.97 Å². The van der Waals surface area contributed by atoms with Crippen molar-refractivity contribution in [2.24, 2.45) is 0 Å². The van der Waals surface area contributed by atoms with E-state index in [1.54, 1.807) is 0 Å². The quantitative estimate of drug-likeness (QED) is 0.197. The third-order valence-electron chi connectivity index (χ3n) is 9.28. The Balaban J connectivity index is 1.70. The fraction of sp³-hybridized carbons (Fsp3) is 0.209. The Kier molecular flexibility index (Phi) is 7.41. The van der Waals surface area contributed by atoms with Crippen molar-refractivity contribution in [3.63, 3.8) is 0 Å². The van der Waals surface area contributed by atoms with Crippen LogP contribution >= 0.6 is 11.3 Å². The minimum atomic E-state index is 0.944. The number of aromatic nitrogens is 2. The van der Waals surface area contributed by atoms with Gasteiger partial charge in [-0.25, -0.2) is 9.97 Å². The maximum absolute atomic E-state index is 5.44. The Morgan fingerprint density at radius 2 is 0.783 bits per heavy atom. The van der Waals surface area contributed by atoms with Gasteiger partial charge >= 0.3 is 0 Å². The van der Waals surface area contributed by atoms with E-state index in [1.807, 2.05) is 11.3 Å². The van der Waals surface area contributed by atoms with Gasteiger partial charge in [-0.3, -0.25) is 0 Å². The first-order valence-corrected chi connectivity index (χ1v) is 16.9. The summed E-state index contributed by atoms with van der Waals surface area (Å²) in [6.45, 7) is 19.9. The lowest BCUT2D eigenvalue weighted by atomic mass is 9.93. The second-order valence-electron chi connectivity index (χ2n) is 13.3. The Morgan fingerprint density at radius 3 is 1.26 bits per heavy atom. The van der Waals surface area contributed by atoms with Crippen molar-refractivity contribution in [2.75, 3.05) is 0 Å². The Morgan fingerprint density at radius 1 is 0.391 bits per heavy atom. The van der Waals surface area contributed by atoms with E-state index in [1.165, 1.54) is 87.3 Å². The van der Waals surface area contributed by atoms with Crippen molar-refractivity contribution < 1.29 is 0 Å². The number of aryl methyl sites for hydroxylation is 9. The van der Waals surface area contributed by atoms with E-state index < -0.39 is 0 Å². The van der Waals surface area contributed by atoms with Crippen molar-refractivity contribution in [1.29, 1.82) is 0 Å². The standard InChI is InChI=1S/C43H40N2S/c1-23-16-26(4)39(27(5)17-23)33-22-32-10-11-35(44-32)42(40-28(6)18-24(2)19-29(40)7)37-14-15-38(46-37)43(36-13-12-34(33)45-36)41-30(8)20-25(3)21-31(41)9/h10-22H,1-9H3. The van der Waals surface area contributed by atoms with Crippen LogP contribution in [0.3, 0.4) is 0 Å². The van der Waals surface area contributed by atoms with Gasteiger partial charge in [0.1, 0.15) is 0 Å². The topological polar surface area (TPSA) is 25.8 Å². The molecule has 2 aliphatic rings. The fourth-order valence-electron chi connectivity index (χ4n) is 7.79. The lowest BCUT2D eigenvalue weighted by molar-refractivity contribution is 1.26. The lowest BCUT2D eigenvalue weighted by Gasteiger charge is -2.13. The van der Waals surface area contributed by atoms with E-state index in [2.05, 4.69) is 141 Å². The Labute approximate surface area is 277 Å². The molecule has 228 valence electrons. The third kappa shape index (κ3) is 5.13. The van der Waals surface area contributed by atoms with Gasteiger partial charge in [-0.2, -0.15) is 0 Å². The summed E-state index contributed by atoms with van der Waals surface area (Å²) in [5, 5.41) is 0. The molecule has 2 nitrogen and oxygen atoms in total. The number of thiophene rings is 1. The zero-order valence-corrected chi connectivity index (χ0v) is 29.1. The number of rotatable bonds is 3. The van der Waals surface area contributed by atoms with Crippen LogP contribution in [0, 0.1) is 62.3 Å². The maximum atomic E-state index is 5.44. The molecule has 0 saturated heterocycles. The van der Waals surface area contributed by atoms with Crippen LogP contribution in [-0.2, 0) is 0 Å². The summed E-state index contributed by atoms with van der Waals surface area (Å²) in [5.41, 5.74) is 22.6. The summed E-state index contributed by atoms with van der Waals surface area (Å²) in [6, 6.07) is 20.6. The van der Waals surface area contributed by atoms with E-state index >= 15 is 0 Å². The molecule has 0 radical (unpaired) electrons. The summed E-state index contributed by atoms with van der Waals surface area (Å²) in [6.07, 6.45) is 8.76. The number of hydrogen-bond acceptors (Lipinski definition) is 3. The number of benzene rings is 3. The van der Waals surface area contributed by atoms with Gasteiger partial charge in [0.2, 0.25) is 0 Å². The molecule has 4 heterocycles. The maximum Gasteiger partial charge on any atom is 0.0730 e. The van der Waals surface area contributed by atoms with Gasteiger partial charge in [-0.05, 0) is 155 Å². The molecule has 0 N–H and O–H groups in total. The smallest absolute Gasteiger partial charge is 0.0730 e. The van der Waals surface area contributed by atoms with E-state index in [9.17, 15) is 0 Å². The zero-order valence-electron chi connectivity index (χ0n) is 28.3. The van der Waals surface area contributed by atoms with E-state index in [-0.39, 0.29) is 0 Å². The van der Waals surface area contributed by atoms with Gasteiger partial charge in [-0.15, -0.1) is 11.3 Å². The summed E-state index contributed by atoms with van der Waals surface area (Å²) in [5.74, 6) is 0. The second-order valence-corrected chi connectivity index (χ2v) is 14.3. The van der Waals surface area contributed by atoms with Gasteiger partial charge in [0.15, 0.2) is 0 Å². The van der Waals surface area contributed by atoms with Crippen LogP contribution in [0.25, 0.3) is 67.1 Å². The normalized spacial score (nSPS) is 12.3. The molecule has 0 unspecified atom stereocenters. The predicted octanol–water partition coefficient (Wildman–Crippen LogP) is 12.1. The largest absolute Gasteiger partial charge is 0.248 e. The van der Waals surface area contributed by atoms with Gasteiger partial charge in [-0.1, -0.05) is 53.1 Å². The molecule has 3 aromatic carbocycles. The summed E-state index contributed by atoms with van der Waals surface area (Å²) in [7, 11) is 0. The average molecular weight is 617 g/mol. The van der Waals surface area contributed by atoms with Crippen molar-refractivity contribution in [3.8, 4) is 33.4 Å². The minimum absolute atomic E-state index is 0.944. The molecule has 0 fully saturated rings. The van der Waals surface area contributed by atoms with Crippen LogP contribution in [0.1, 0.15) is 72.8 Å². The number of fused-ring (bicyclic) bond motifs is 6. The molecule has 0 spiro atoms. The van der Waals surface area contributed by atoms with Crippen LogP contribution in [0.2, 0.25) is 0 Å². The highest BCUT2D eigenvalue weighted by Crippen LogP contribution is 2.43. The number of nitrogens with zero attached hydrogens (tertiary/aromatic N) is 2. The van der Waals surface area contributed by atoms with Crippen molar-refractivity contribution >= 4 is 45.0 Å².